The lowest BCUT2D eigenvalue weighted by molar-refractivity contribution is -0.116. The molecule has 1 unspecified atom stereocenters. The number of amides is 1. The Balaban J connectivity index is 2.07. The zero-order valence-corrected chi connectivity index (χ0v) is 16.2. The number of thioether (sulfide) groups is 1. The normalized spacial score (nSPS) is 12.4. The minimum Gasteiger partial charge on any atom is -0.385 e. The third-order valence-electron chi connectivity index (χ3n) is 3.56. The van der Waals surface area contributed by atoms with E-state index in [9.17, 15) is 4.79 Å². The fraction of sp³-hybridized carbons (Fsp3) is 0.471. The molecule has 2 rings (SSSR count). The number of para-hydroxylation sites is 1. The van der Waals surface area contributed by atoms with Crippen LogP contribution in [0.15, 0.2) is 35.7 Å². The Hall–Kier alpha value is -1.57. The Morgan fingerprint density at radius 1 is 1.40 bits per heavy atom. The molecule has 2 aromatic rings. The minimum absolute atomic E-state index is 0.0976. The average Bonchev–Trinajstić information content (AvgIpc) is 3.02. The van der Waals surface area contributed by atoms with Crippen LogP contribution in [-0.4, -0.2) is 39.6 Å². The quantitative estimate of drug-likeness (QED) is 0.528. The molecule has 0 saturated carbocycles. The number of nitrogens with zero attached hydrogens (tertiary/aromatic N) is 3. The zero-order chi connectivity index (χ0) is 18.2. The summed E-state index contributed by atoms with van der Waals surface area (Å²) in [7, 11) is 1.68. The van der Waals surface area contributed by atoms with Gasteiger partial charge in [-0.1, -0.05) is 49.3 Å². The van der Waals surface area contributed by atoms with E-state index in [1.54, 1.807) is 25.6 Å². The van der Waals surface area contributed by atoms with E-state index < -0.39 is 0 Å². The summed E-state index contributed by atoms with van der Waals surface area (Å²) in [6.45, 7) is 5.44. The number of halogens is 1. The molecule has 1 atom stereocenters. The van der Waals surface area contributed by atoms with E-state index in [4.69, 9.17) is 16.3 Å². The molecule has 1 N–H and O–H groups in total. The highest BCUT2D eigenvalue weighted by atomic mass is 35.5. The first-order chi connectivity index (χ1) is 12.0. The number of nitrogens with one attached hydrogen (secondary N) is 1. The van der Waals surface area contributed by atoms with E-state index in [1.165, 1.54) is 11.8 Å². The van der Waals surface area contributed by atoms with Crippen molar-refractivity contribution in [3.05, 3.63) is 35.6 Å². The first-order valence-corrected chi connectivity index (χ1v) is 9.37. The number of carbonyl (C=O) groups is 1. The molecule has 0 saturated heterocycles. The number of hydrogen-bond donors (Lipinski definition) is 1. The van der Waals surface area contributed by atoms with Gasteiger partial charge in [0.15, 0.2) is 5.16 Å². The van der Waals surface area contributed by atoms with E-state index >= 15 is 0 Å². The lowest BCUT2D eigenvalue weighted by Crippen LogP contribution is -2.30. The molecule has 0 spiro atoms. The predicted octanol–water partition coefficient (Wildman–Crippen LogP) is 3.72. The van der Waals surface area contributed by atoms with Gasteiger partial charge in [-0.15, -0.1) is 10.2 Å². The van der Waals surface area contributed by atoms with Crippen molar-refractivity contribution in [2.75, 3.05) is 19.0 Å². The minimum atomic E-state index is -0.304. The van der Waals surface area contributed by atoms with Crippen molar-refractivity contribution >= 4 is 35.0 Å². The SMILES string of the molecule is COCCCn1cnnc1SC(C(=O)Nc1ccccc1Cl)C(C)C. The maximum atomic E-state index is 12.7. The largest absolute Gasteiger partial charge is 0.385 e. The summed E-state index contributed by atoms with van der Waals surface area (Å²) in [5, 5.41) is 12.0. The second kappa shape index (κ2) is 9.79. The van der Waals surface area contributed by atoms with Crippen molar-refractivity contribution in [2.45, 2.75) is 37.2 Å². The fourth-order valence-corrected chi connectivity index (χ4v) is 3.46. The van der Waals surface area contributed by atoms with Gasteiger partial charge in [0, 0.05) is 20.3 Å². The van der Waals surface area contributed by atoms with Crippen molar-refractivity contribution in [2.24, 2.45) is 5.92 Å². The Labute approximate surface area is 157 Å². The summed E-state index contributed by atoms with van der Waals surface area (Å²) in [5.74, 6) is 0.0242. The lowest BCUT2D eigenvalue weighted by atomic mass is 10.1. The number of aromatic nitrogens is 3. The molecule has 0 aliphatic rings. The third-order valence-corrected chi connectivity index (χ3v) is 5.42. The summed E-state index contributed by atoms with van der Waals surface area (Å²) in [4.78, 5) is 12.7. The Kier molecular flexibility index (Phi) is 7.74. The van der Waals surface area contributed by atoms with Crippen molar-refractivity contribution in [1.29, 1.82) is 0 Å². The molecule has 8 heteroatoms. The highest BCUT2D eigenvalue weighted by Gasteiger charge is 2.26. The van der Waals surface area contributed by atoms with E-state index in [-0.39, 0.29) is 17.1 Å². The van der Waals surface area contributed by atoms with E-state index in [1.807, 2.05) is 30.5 Å². The highest BCUT2D eigenvalue weighted by Crippen LogP contribution is 2.29. The Bertz CT molecular complexity index is 693. The van der Waals surface area contributed by atoms with Gasteiger partial charge < -0.3 is 14.6 Å². The van der Waals surface area contributed by atoms with Crippen LogP contribution < -0.4 is 5.32 Å². The lowest BCUT2D eigenvalue weighted by Gasteiger charge is -2.20. The molecular weight excluding hydrogens is 360 g/mol. The van der Waals surface area contributed by atoms with Crippen LogP contribution in [0.2, 0.25) is 5.02 Å². The molecule has 0 aliphatic carbocycles. The van der Waals surface area contributed by atoms with Gasteiger partial charge in [-0.05, 0) is 24.5 Å². The van der Waals surface area contributed by atoms with Crippen LogP contribution >= 0.6 is 23.4 Å². The van der Waals surface area contributed by atoms with Crippen molar-refractivity contribution < 1.29 is 9.53 Å². The van der Waals surface area contributed by atoms with Gasteiger partial charge in [-0.2, -0.15) is 0 Å². The van der Waals surface area contributed by atoms with Crippen LogP contribution in [0.5, 0.6) is 0 Å². The second-order valence-electron chi connectivity index (χ2n) is 5.90. The van der Waals surface area contributed by atoms with Crippen LogP contribution in [0.1, 0.15) is 20.3 Å². The number of carbonyl (C=O) groups excluding carboxylic acids is 1. The summed E-state index contributed by atoms with van der Waals surface area (Å²) in [5.41, 5.74) is 0.613. The molecule has 0 aliphatic heterocycles. The molecule has 1 heterocycles. The number of hydrogen-bond acceptors (Lipinski definition) is 5. The second-order valence-corrected chi connectivity index (χ2v) is 7.42. The molecule has 1 amide bonds. The van der Waals surface area contributed by atoms with Gasteiger partial charge in [0.2, 0.25) is 5.91 Å². The molecule has 25 heavy (non-hydrogen) atoms. The molecule has 6 nitrogen and oxygen atoms in total. The van der Waals surface area contributed by atoms with Gasteiger partial charge >= 0.3 is 0 Å². The van der Waals surface area contributed by atoms with Crippen LogP contribution in [0.3, 0.4) is 0 Å². The molecular formula is C17H23ClN4O2S. The van der Waals surface area contributed by atoms with Gasteiger partial charge in [0.1, 0.15) is 6.33 Å². The fourth-order valence-electron chi connectivity index (χ4n) is 2.24. The summed E-state index contributed by atoms with van der Waals surface area (Å²) >= 11 is 7.55. The van der Waals surface area contributed by atoms with Crippen LogP contribution in [0.4, 0.5) is 5.69 Å². The number of methoxy groups -OCH3 is 1. The van der Waals surface area contributed by atoms with Crippen LogP contribution in [0.25, 0.3) is 0 Å². The number of aryl methyl sites for hydroxylation is 1. The Morgan fingerprint density at radius 3 is 2.84 bits per heavy atom. The maximum Gasteiger partial charge on any atom is 0.238 e. The molecule has 1 aromatic carbocycles. The molecule has 0 radical (unpaired) electrons. The summed E-state index contributed by atoms with van der Waals surface area (Å²) in [6.07, 6.45) is 2.54. The number of rotatable bonds is 9. The monoisotopic (exact) mass is 382 g/mol. The number of ether oxygens (including phenoxy) is 1. The highest BCUT2D eigenvalue weighted by molar-refractivity contribution is 8.00. The van der Waals surface area contributed by atoms with Crippen molar-refractivity contribution in [3.63, 3.8) is 0 Å². The van der Waals surface area contributed by atoms with Gasteiger partial charge in [0.25, 0.3) is 0 Å². The molecule has 0 bridgehead atoms. The topological polar surface area (TPSA) is 69.0 Å². The van der Waals surface area contributed by atoms with Gasteiger partial charge in [-0.3, -0.25) is 4.79 Å². The maximum absolute atomic E-state index is 12.7. The van der Waals surface area contributed by atoms with E-state index in [0.717, 1.165) is 18.1 Å². The van der Waals surface area contributed by atoms with Crippen LogP contribution in [0, 0.1) is 5.92 Å². The first-order valence-electron chi connectivity index (χ1n) is 8.11. The third kappa shape index (κ3) is 5.73. The smallest absolute Gasteiger partial charge is 0.238 e. The average molecular weight is 383 g/mol. The van der Waals surface area contributed by atoms with Crippen molar-refractivity contribution in [3.8, 4) is 0 Å². The molecule has 136 valence electrons. The standard InChI is InChI=1S/C17H23ClN4O2S/c1-12(2)15(16(23)20-14-8-5-4-7-13(14)18)25-17-21-19-11-22(17)9-6-10-24-3/h4-5,7-8,11-12,15H,6,9-10H2,1-3H3,(H,20,23). The van der Waals surface area contributed by atoms with Gasteiger partial charge in [-0.25, -0.2) is 0 Å². The Morgan fingerprint density at radius 2 is 2.16 bits per heavy atom. The van der Waals surface area contributed by atoms with E-state index in [0.29, 0.717) is 17.3 Å². The molecule has 0 fully saturated rings. The summed E-state index contributed by atoms with van der Waals surface area (Å²) < 4.78 is 7.02. The number of anilines is 1. The summed E-state index contributed by atoms with van der Waals surface area (Å²) in [6, 6.07) is 7.21. The zero-order valence-electron chi connectivity index (χ0n) is 14.6. The van der Waals surface area contributed by atoms with Gasteiger partial charge in [0.05, 0.1) is 16.0 Å². The van der Waals surface area contributed by atoms with Crippen LogP contribution in [-0.2, 0) is 16.1 Å². The first kappa shape index (κ1) is 19.8. The molecule has 1 aromatic heterocycles. The van der Waals surface area contributed by atoms with Crippen molar-refractivity contribution in [1.82, 2.24) is 14.8 Å². The number of benzene rings is 1. The predicted molar refractivity (Wildman–Crippen MR) is 101 cm³/mol. The van der Waals surface area contributed by atoms with E-state index in [2.05, 4.69) is 15.5 Å².